The van der Waals surface area contributed by atoms with Crippen LogP contribution in [0.15, 0.2) is 23.4 Å². The Bertz CT molecular complexity index is 388. The van der Waals surface area contributed by atoms with Gasteiger partial charge in [0.05, 0.1) is 0 Å². The molecule has 1 aromatic rings. The fourth-order valence-electron chi connectivity index (χ4n) is 1.70. The van der Waals surface area contributed by atoms with Crippen molar-refractivity contribution in [1.82, 2.24) is 0 Å². The van der Waals surface area contributed by atoms with Crippen LogP contribution >= 0.6 is 0 Å². The monoisotopic (exact) mass is 221 g/mol. The Labute approximate surface area is 96.4 Å². The molecule has 1 rings (SSSR count). The van der Waals surface area contributed by atoms with E-state index in [2.05, 4.69) is 17.0 Å². The number of hydrogen-bond donors (Lipinski definition) is 2. The number of aryl methyl sites for hydroxylation is 1. The first-order valence-corrected chi connectivity index (χ1v) is 5.39. The lowest BCUT2D eigenvalue weighted by Gasteiger charge is -2.21. The number of nitrogens with two attached hydrogens (primary N) is 1. The van der Waals surface area contributed by atoms with Gasteiger partial charge in [0.25, 0.3) is 0 Å². The van der Waals surface area contributed by atoms with E-state index in [1.54, 1.807) is 0 Å². The second kappa shape index (κ2) is 5.39. The lowest BCUT2D eigenvalue weighted by molar-refractivity contribution is 0.318. The summed E-state index contributed by atoms with van der Waals surface area (Å²) in [6, 6.07) is 5.95. The van der Waals surface area contributed by atoms with Crippen molar-refractivity contribution in [3.63, 3.8) is 0 Å². The molecule has 0 radical (unpaired) electrons. The van der Waals surface area contributed by atoms with Crippen LogP contribution in [0, 0.1) is 6.92 Å². The van der Waals surface area contributed by atoms with Gasteiger partial charge in [-0.25, -0.2) is 0 Å². The van der Waals surface area contributed by atoms with Crippen molar-refractivity contribution in [1.29, 1.82) is 0 Å². The summed E-state index contributed by atoms with van der Waals surface area (Å²) in [5, 5.41) is 11.8. The Balaban J connectivity index is 3.17. The van der Waals surface area contributed by atoms with Gasteiger partial charge in [-0.2, -0.15) is 0 Å². The molecule has 0 fully saturated rings. The highest BCUT2D eigenvalue weighted by atomic mass is 16.4. The highest BCUT2D eigenvalue weighted by Gasteiger charge is 2.10. The fourth-order valence-corrected chi connectivity index (χ4v) is 1.70. The van der Waals surface area contributed by atoms with Gasteiger partial charge in [-0.15, -0.1) is 0 Å². The van der Waals surface area contributed by atoms with Gasteiger partial charge in [-0.3, -0.25) is 0 Å². The standard InChI is InChI=1S/C12H19N3O/c1-4-7-15(3)11-6-5-9(2)8-10(11)12(13)14-16/h5-6,8,16H,4,7H2,1-3H3,(H2,13,14). The van der Waals surface area contributed by atoms with E-state index < -0.39 is 0 Å². The third-order valence-electron chi connectivity index (χ3n) is 2.51. The van der Waals surface area contributed by atoms with Crippen molar-refractivity contribution < 1.29 is 5.21 Å². The van der Waals surface area contributed by atoms with Crippen molar-refractivity contribution in [2.24, 2.45) is 10.9 Å². The first-order chi connectivity index (χ1) is 7.60. The Morgan fingerprint density at radius 2 is 2.19 bits per heavy atom. The number of amidine groups is 1. The molecule has 16 heavy (non-hydrogen) atoms. The molecule has 0 saturated carbocycles. The molecular formula is C12H19N3O. The first-order valence-electron chi connectivity index (χ1n) is 5.39. The summed E-state index contributed by atoms with van der Waals surface area (Å²) >= 11 is 0. The summed E-state index contributed by atoms with van der Waals surface area (Å²) in [4.78, 5) is 2.10. The Morgan fingerprint density at radius 3 is 2.75 bits per heavy atom. The average Bonchev–Trinajstić information content (AvgIpc) is 2.28. The zero-order valence-corrected chi connectivity index (χ0v) is 10.1. The van der Waals surface area contributed by atoms with Crippen LogP contribution in [0.5, 0.6) is 0 Å². The molecule has 1 aromatic carbocycles. The molecule has 0 spiro atoms. The highest BCUT2D eigenvalue weighted by molar-refractivity contribution is 6.02. The van der Waals surface area contributed by atoms with E-state index in [0.717, 1.165) is 29.8 Å². The molecule has 0 unspecified atom stereocenters. The second-order valence-electron chi connectivity index (χ2n) is 3.93. The Morgan fingerprint density at radius 1 is 1.50 bits per heavy atom. The van der Waals surface area contributed by atoms with E-state index in [-0.39, 0.29) is 5.84 Å². The number of hydrogen-bond acceptors (Lipinski definition) is 3. The van der Waals surface area contributed by atoms with Gasteiger partial charge in [0, 0.05) is 24.8 Å². The van der Waals surface area contributed by atoms with Crippen LogP contribution < -0.4 is 10.6 Å². The summed E-state index contributed by atoms with van der Waals surface area (Å²) in [5.74, 6) is 0.154. The number of nitrogens with zero attached hydrogens (tertiary/aromatic N) is 2. The third-order valence-corrected chi connectivity index (χ3v) is 2.51. The number of anilines is 1. The maximum atomic E-state index is 8.76. The fraction of sp³-hybridized carbons (Fsp3) is 0.417. The van der Waals surface area contributed by atoms with Crippen molar-refractivity contribution in [2.45, 2.75) is 20.3 Å². The summed E-state index contributed by atoms with van der Waals surface area (Å²) in [6.07, 6.45) is 1.06. The molecule has 4 heteroatoms. The van der Waals surface area contributed by atoms with Gasteiger partial charge >= 0.3 is 0 Å². The quantitative estimate of drug-likeness (QED) is 0.353. The molecular weight excluding hydrogens is 202 g/mol. The van der Waals surface area contributed by atoms with Crippen LogP contribution in [0.2, 0.25) is 0 Å². The van der Waals surface area contributed by atoms with Crippen LogP contribution in [0.25, 0.3) is 0 Å². The zero-order valence-electron chi connectivity index (χ0n) is 10.1. The van der Waals surface area contributed by atoms with E-state index >= 15 is 0 Å². The third kappa shape index (κ3) is 2.66. The predicted octanol–water partition coefficient (Wildman–Crippen LogP) is 1.94. The van der Waals surface area contributed by atoms with Crippen LogP contribution in [-0.4, -0.2) is 24.6 Å². The largest absolute Gasteiger partial charge is 0.409 e. The molecule has 0 aliphatic heterocycles. The minimum atomic E-state index is 0.154. The zero-order chi connectivity index (χ0) is 12.1. The van der Waals surface area contributed by atoms with Crippen molar-refractivity contribution >= 4 is 11.5 Å². The molecule has 0 aliphatic carbocycles. The van der Waals surface area contributed by atoms with Crippen LogP contribution in [0.3, 0.4) is 0 Å². The first kappa shape index (κ1) is 12.4. The Kier molecular flexibility index (Phi) is 4.17. The van der Waals surface area contributed by atoms with Crippen LogP contribution in [0.1, 0.15) is 24.5 Å². The summed E-state index contributed by atoms with van der Waals surface area (Å²) < 4.78 is 0. The molecule has 0 heterocycles. The average molecular weight is 221 g/mol. The smallest absolute Gasteiger partial charge is 0.172 e. The SMILES string of the molecule is CCCN(C)c1ccc(C)cc1/C(N)=N/O. The summed E-state index contributed by atoms with van der Waals surface area (Å²) in [7, 11) is 2.00. The van der Waals surface area contributed by atoms with E-state index in [1.165, 1.54) is 0 Å². The molecule has 3 N–H and O–H groups in total. The molecule has 4 nitrogen and oxygen atoms in total. The molecule has 0 saturated heterocycles. The highest BCUT2D eigenvalue weighted by Crippen LogP contribution is 2.21. The van der Waals surface area contributed by atoms with Gasteiger partial charge in [0.2, 0.25) is 0 Å². The molecule has 0 aliphatic rings. The van der Waals surface area contributed by atoms with Crippen molar-refractivity contribution in [3.8, 4) is 0 Å². The van der Waals surface area contributed by atoms with Gasteiger partial charge in [0.1, 0.15) is 0 Å². The van der Waals surface area contributed by atoms with E-state index in [9.17, 15) is 0 Å². The normalized spacial score (nSPS) is 11.6. The molecule has 0 amide bonds. The topological polar surface area (TPSA) is 61.8 Å². The molecule has 0 aromatic heterocycles. The van der Waals surface area contributed by atoms with E-state index in [4.69, 9.17) is 10.9 Å². The number of benzene rings is 1. The maximum absolute atomic E-state index is 8.76. The van der Waals surface area contributed by atoms with Crippen molar-refractivity contribution in [2.75, 3.05) is 18.5 Å². The number of oxime groups is 1. The molecule has 0 atom stereocenters. The van der Waals surface area contributed by atoms with Gasteiger partial charge < -0.3 is 15.8 Å². The molecule has 88 valence electrons. The maximum Gasteiger partial charge on any atom is 0.172 e. The minimum absolute atomic E-state index is 0.154. The van der Waals surface area contributed by atoms with E-state index in [0.29, 0.717) is 0 Å². The Hall–Kier alpha value is -1.71. The minimum Gasteiger partial charge on any atom is -0.409 e. The predicted molar refractivity (Wildman–Crippen MR) is 67.3 cm³/mol. The number of rotatable bonds is 4. The van der Waals surface area contributed by atoms with Crippen LogP contribution in [-0.2, 0) is 0 Å². The van der Waals surface area contributed by atoms with Gasteiger partial charge in [-0.05, 0) is 25.5 Å². The molecule has 0 bridgehead atoms. The lowest BCUT2D eigenvalue weighted by Crippen LogP contribution is -2.23. The van der Waals surface area contributed by atoms with E-state index in [1.807, 2.05) is 32.2 Å². The second-order valence-corrected chi connectivity index (χ2v) is 3.93. The van der Waals surface area contributed by atoms with Crippen molar-refractivity contribution in [3.05, 3.63) is 29.3 Å². The summed E-state index contributed by atoms with van der Waals surface area (Å²) in [6.45, 7) is 5.04. The van der Waals surface area contributed by atoms with Crippen LogP contribution in [0.4, 0.5) is 5.69 Å². The van der Waals surface area contributed by atoms with Gasteiger partial charge in [0.15, 0.2) is 5.84 Å². The lowest BCUT2D eigenvalue weighted by atomic mass is 10.1. The summed E-state index contributed by atoms with van der Waals surface area (Å²) in [5.41, 5.74) is 8.53. The van der Waals surface area contributed by atoms with Gasteiger partial charge in [-0.1, -0.05) is 23.7 Å².